The molecular formula is C22H23N3O4S. The van der Waals surface area contributed by atoms with Crippen LogP contribution in [0.15, 0.2) is 36.4 Å². The molecule has 8 heteroatoms. The number of hydrogen-bond donors (Lipinski definition) is 1. The van der Waals surface area contributed by atoms with Gasteiger partial charge in [0.2, 0.25) is 0 Å². The van der Waals surface area contributed by atoms with Crippen molar-refractivity contribution in [1.82, 2.24) is 9.88 Å². The zero-order chi connectivity index (χ0) is 21.1. The van der Waals surface area contributed by atoms with Crippen LogP contribution in [0.2, 0.25) is 0 Å². The molecule has 4 rings (SSSR count). The molecule has 30 heavy (non-hydrogen) atoms. The lowest BCUT2D eigenvalue weighted by molar-refractivity contribution is 0.0337. The first-order valence-electron chi connectivity index (χ1n) is 9.74. The van der Waals surface area contributed by atoms with Crippen molar-refractivity contribution in [2.45, 2.75) is 13.5 Å². The second kappa shape index (κ2) is 8.91. The normalized spacial score (nSPS) is 14.6. The van der Waals surface area contributed by atoms with Gasteiger partial charge < -0.3 is 14.8 Å². The molecule has 0 atom stereocenters. The summed E-state index contributed by atoms with van der Waals surface area (Å²) in [6, 6.07) is 11.2. The lowest BCUT2D eigenvalue weighted by Gasteiger charge is -2.26. The smallest absolute Gasteiger partial charge is 0.350 e. The molecule has 1 amide bonds. The second-order valence-corrected chi connectivity index (χ2v) is 8.16. The SMILES string of the molecule is COC(=O)c1sc2nc(CN3CCOCC3)ccc2c1NC(=O)c1cccc(C)c1. The van der Waals surface area contributed by atoms with Crippen molar-refractivity contribution in [2.75, 3.05) is 38.7 Å². The number of carbonyl (C=O) groups is 2. The minimum atomic E-state index is -0.493. The van der Waals surface area contributed by atoms with Crippen LogP contribution in [-0.2, 0) is 16.0 Å². The fourth-order valence-corrected chi connectivity index (χ4v) is 4.49. The average molecular weight is 426 g/mol. The maximum absolute atomic E-state index is 12.8. The number of hydrogen-bond acceptors (Lipinski definition) is 7. The molecule has 1 saturated heterocycles. The minimum absolute atomic E-state index is 0.277. The molecule has 1 N–H and O–H groups in total. The van der Waals surface area contributed by atoms with Crippen molar-refractivity contribution < 1.29 is 19.1 Å². The molecule has 0 unspecified atom stereocenters. The van der Waals surface area contributed by atoms with E-state index >= 15 is 0 Å². The third-order valence-electron chi connectivity index (χ3n) is 4.99. The van der Waals surface area contributed by atoms with Gasteiger partial charge in [-0.1, -0.05) is 17.7 Å². The number of esters is 1. The van der Waals surface area contributed by atoms with Crippen LogP contribution in [0.3, 0.4) is 0 Å². The van der Waals surface area contributed by atoms with Gasteiger partial charge in [-0.15, -0.1) is 11.3 Å². The molecule has 156 valence electrons. The first kappa shape index (κ1) is 20.5. The second-order valence-electron chi connectivity index (χ2n) is 7.17. The number of amides is 1. The van der Waals surface area contributed by atoms with Gasteiger partial charge in [0.1, 0.15) is 9.71 Å². The zero-order valence-corrected chi connectivity index (χ0v) is 17.8. The van der Waals surface area contributed by atoms with Gasteiger partial charge in [0, 0.05) is 30.6 Å². The Morgan fingerprint density at radius 3 is 2.77 bits per heavy atom. The summed E-state index contributed by atoms with van der Waals surface area (Å²) >= 11 is 1.23. The van der Waals surface area contributed by atoms with Crippen molar-refractivity contribution in [3.05, 3.63) is 58.1 Å². The van der Waals surface area contributed by atoms with Gasteiger partial charge in [0.05, 0.1) is 31.7 Å². The Labute approximate surface area is 178 Å². The number of benzene rings is 1. The summed E-state index contributed by atoms with van der Waals surface area (Å²) in [5.41, 5.74) is 2.87. The number of pyridine rings is 1. The maximum atomic E-state index is 12.8. The molecule has 3 aromatic rings. The summed E-state index contributed by atoms with van der Waals surface area (Å²) in [7, 11) is 1.33. The van der Waals surface area contributed by atoms with Crippen molar-refractivity contribution in [1.29, 1.82) is 0 Å². The van der Waals surface area contributed by atoms with Crippen LogP contribution in [0.1, 0.15) is 31.3 Å². The zero-order valence-electron chi connectivity index (χ0n) is 16.9. The summed E-state index contributed by atoms with van der Waals surface area (Å²) in [4.78, 5) is 33.2. The predicted molar refractivity (Wildman–Crippen MR) is 116 cm³/mol. The standard InChI is InChI=1S/C22H23N3O4S/c1-14-4-3-5-15(12-14)20(26)24-18-17-7-6-16(13-25-8-10-29-11-9-25)23-21(17)30-19(18)22(27)28-2/h3-7,12H,8-11,13H2,1-2H3,(H,24,26). The van der Waals surface area contributed by atoms with E-state index in [1.807, 2.05) is 31.2 Å². The van der Waals surface area contributed by atoms with Crippen molar-refractivity contribution >= 4 is 39.1 Å². The number of carbonyl (C=O) groups excluding carboxylic acids is 2. The van der Waals surface area contributed by atoms with E-state index in [2.05, 4.69) is 10.2 Å². The van der Waals surface area contributed by atoms with Crippen molar-refractivity contribution in [2.24, 2.45) is 0 Å². The number of rotatable bonds is 5. The quantitative estimate of drug-likeness (QED) is 0.631. The molecule has 0 aliphatic carbocycles. The van der Waals surface area contributed by atoms with Crippen LogP contribution in [0, 0.1) is 6.92 Å². The number of aryl methyl sites for hydroxylation is 1. The van der Waals surface area contributed by atoms with Gasteiger partial charge in [-0.05, 0) is 31.2 Å². The first-order chi connectivity index (χ1) is 14.5. The lowest BCUT2D eigenvalue weighted by Crippen LogP contribution is -2.35. The van der Waals surface area contributed by atoms with Crippen molar-refractivity contribution in [3.63, 3.8) is 0 Å². The topological polar surface area (TPSA) is 80.8 Å². The number of fused-ring (bicyclic) bond motifs is 1. The summed E-state index contributed by atoms with van der Waals surface area (Å²) in [6.45, 7) is 5.84. The molecule has 0 saturated carbocycles. The van der Waals surface area contributed by atoms with Gasteiger partial charge in [0.25, 0.3) is 5.91 Å². The molecule has 1 aliphatic heterocycles. The number of ether oxygens (including phenoxy) is 2. The van der Waals surface area contributed by atoms with Gasteiger partial charge in [-0.25, -0.2) is 9.78 Å². The number of morpholine rings is 1. The van der Waals surface area contributed by atoms with Crippen LogP contribution in [0.5, 0.6) is 0 Å². The molecule has 1 aromatic carbocycles. The number of nitrogens with zero attached hydrogens (tertiary/aromatic N) is 2. The van der Waals surface area contributed by atoms with Crippen LogP contribution in [-0.4, -0.2) is 55.2 Å². The maximum Gasteiger partial charge on any atom is 0.350 e. The fraction of sp³-hybridized carbons (Fsp3) is 0.318. The van der Waals surface area contributed by atoms with E-state index in [9.17, 15) is 9.59 Å². The van der Waals surface area contributed by atoms with E-state index in [0.717, 1.165) is 49.5 Å². The van der Waals surface area contributed by atoms with E-state index in [-0.39, 0.29) is 5.91 Å². The Morgan fingerprint density at radius 1 is 1.23 bits per heavy atom. The third kappa shape index (κ3) is 4.35. The number of methoxy groups -OCH3 is 1. The Hall–Kier alpha value is -2.81. The monoisotopic (exact) mass is 425 g/mol. The highest BCUT2D eigenvalue weighted by atomic mass is 32.1. The van der Waals surface area contributed by atoms with E-state index in [0.29, 0.717) is 21.0 Å². The highest BCUT2D eigenvalue weighted by Gasteiger charge is 2.23. The van der Waals surface area contributed by atoms with E-state index in [1.165, 1.54) is 18.4 Å². The molecule has 7 nitrogen and oxygen atoms in total. The van der Waals surface area contributed by atoms with Crippen LogP contribution < -0.4 is 5.32 Å². The summed E-state index contributed by atoms with van der Waals surface area (Å²) in [5, 5.41) is 3.63. The highest BCUT2D eigenvalue weighted by Crippen LogP contribution is 2.36. The van der Waals surface area contributed by atoms with E-state index in [4.69, 9.17) is 14.5 Å². The van der Waals surface area contributed by atoms with Gasteiger partial charge in [0.15, 0.2) is 0 Å². The molecule has 0 spiro atoms. The molecule has 1 fully saturated rings. The minimum Gasteiger partial charge on any atom is -0.465 e. The third-order valence-corrected chi connectivity index (χ3v) is 6.07. The van der Waals surface area contributed by atoms with Gasteiger partial charge in [-0.2, -0.15) is 0 Å². The molecule has 0 bridgehead atoms. The van der Waals surface area contributed by atoms with Crippen LogP contribution >= 0.6 is 11.3 Å². The fourth-order valence-electron chi connectivity index (χ4n) is 3.43. The summed E-state index contributed by atoms with van der Waals surface area (Å²) in [6.07, 6.45) is 0. The van der Waals surface area contributed by atoms with Gasteiger partial charge in [-0.3, -0.25) is 9.69 Å². The molecular weight excluding hydrogens is 402 g/mol. The van der Waals surface area contributed by atoms with E-state index in [1.54, 1.807) is 12.1 Å². The Bertz CT molecular complexity index is 1090. The van der Waals surface area contributed by atoms with Crippen LogP contribution in [0.25, 0.3) is 10.2 Å². The van der Waals surface area contributed by atoms with Gasteiger partial charge >= 0.3 is 5.97 Å². The molecule has 2 aromatic heterocycles. The number of aromatic nitrogens is 1. The summed E-state index contributed by atoms with van der Waals surface area (Å²) in [5.74, 6) is -0.770. The Morgan fingerprint density at radius 2 is 2.03 bits per heavy atom. The molecule has 1 aliphatic rings. The first-order valence-corrected chi connectivity index (χ1v) is 10.6. The number of anilines is 1. The molecule has 0 radical (unpaired) electrons. The lowest BCUT2D eigenvalue weighted by atomic mass is 10.1. The molecule has 3 heterocycles. The summed E-state index contributed by atoms with van der Waals surface area (Å²) < 4.78 is 10.3. The average Bonchev–Trinajstić information content (AvgIpc) is 3.11. The number of nitrogens with one attached hydrogen (secondary N) is 1. The van der Waals surface area contributed by atoms with Crippen molar-refractivity contribution in [3.8, 4) is 0 Å². The number of thiophene rings is 1. The Balaban J connectivity index is 1.66. The largest absolute Gasteiger partial charge is 0.465 e. The Kier molecular flexibility index (Phi) is 6.08. The van der Waals surface area contributed by atoms with Crippen LogP contribution in [0.4, 0.5) is 5.69 Å². The van der Waals surface area contributed by atoms with E-state index < -0.39 is 5.97 Å². The predicted octanol–water partition coefficient (Wildman–Crippen LogP) is 3.48. The highest BCUT2D eigenvalue weighted by molar-refractivity contribution is 7.21.